The van der Waals surface area contributed by atoms with Gasteiger partial charge in [0.05, 0.1) is 47.1 Å². The van der Waals surface area contributed by atoms with Gasteiger partial charge in [0.15, 0.2) is 0 Å². The van der Waals surface area contributed by atoms with E-state index in [1.54, 1.807) is 18.5 Å². The normalized spacial score (nSPS) is 11.8. The van der Waals surface area contributed by atoms with Crippen LogP contribution in [0.25, 0.3) is 21.5 Å². The van der Waals surface area contributed by atoms with Crippen molar-refractivity contribution in [3.63, 3.8) is 0 Å². The van der Waals surface area contributed by atoms with Crippen LogP contribution in [0.4, 0.5) is 13.2 Å². The molecule has 0 spiro atoms. The van der Waals surface area contributed by atoms with Crippen molar-refractivity contribution in [2.24, 2.45) is 0 Å². The van der Waals surface area contributed by atoms with Crippen molar-refractivity contribution >= 4 is 22.4 Å². The third-order valence-electron chi connectivity index (χ3n) is 5.27. The van der Waals surface area contributed by atoms with Crippen molar-refractivity contribution in [3.05, 3.63) is 47.8 Å². The number of benzene rings is 1. The molecule has 0 saturated heterocycles. The van der Waals surface area contributed by atoms with E-state index in [9.17, 15) is 13.2 Å². The van der Waals surface area contributed by atoms with E-state index in [0.717, 1.165) is 28.6 Å². The van der Waals surface area contributed by atoms with Crippen LogP contribution < -0.4 is 14.8 Å². The van der Waals surface area contributed by atoms with E-state index in [-0.39, 0.29) is 12.4 Å². The third-order valence-corrected chi connectivity index (χ3v) is 5.96. The summed E-state index contributed by atoms with van der Waals surface area (Å²) in [6.45, 7) is 2.57. The highest BCUT2D eigenvalue weighted by Crippen LogP contribution is 2.29. The summed E-state index contributed by atoms with van der Waals surface area (Å²) >= 11 is 1.25. The van der Waals surface area contributed by atoms with Crippen LogP contribution in [0.5, 0.6) is 11.6 Å². The van der Waals surface area contributed by atoms with Crippen LogP contribution >= 0.6 is 11.5 Å². The number of ether oxygens (including phenoxy) is 4. The van der Waals surface area contributed by atoms with Crippen molar-refractivity contribution < 1.29 is 32.1 Å². The maximum absolute atomic E-state index is 12.6. The number of halogens is 3. The highest BCUT2D eigenvalue weighted by Gasteiger charge is 2.31. The molecule has 1 aromatic carbocycles. The van der Waals surface area contributed by atoms with Gasteiger partial charge in [0.25, 0.3) is 0 Å². The predicted octanol–water partition coefficient (Wildman–Crippen LogP) is 4.49. The Morgan fingerprint density at radius 1 is 1.03 bits per heavy atom. The summed E-state index contributed by atoms with van der Waals surface area (Å²) in [4.78, 5) is 5.39. The van der Waals surface area contributed by atoms with Gasteiger partial charge in [0.1, 0.15) is 12.4 Å². The monoisotopic (exact) mass is 552 g/mol. The van der Waals surface area contributed by atoms with Gasteiger partial charge in [-0.1, -0.05) is 10.6 Å². The fourth-order valence-electron chi connectivity index (χ4n) is 3.69. The number of unbranched alkanes of at least 4 members (excludes halogenated alkanes) is 1. The molecule has 0 fully saturated rings. The molecular formula is C24H27F3N6O4S. The smallest absolute Gasteiger partial charge is 0.475 e. The SMILES string of the molecule is COCc1cc(CNCCCCOCCOc2nc(-c3cnns3)cc3[nH]ncc23)cc(OC(F)(F)F)c1. The first-order chi connectivity index (χ1) is 18.4. The number of aromatic nitrogens is 5. The van der Waals surface area contributed by atoms with Crippen LogP contribution in [0.15, 0.2) is 36.7 Å². The number of hydrogen-bond donors (Lipinski definition) is 2. The zero-order chi connectivity index (χ0) is 26.8. The van der Waals surface area contributed by atoms with Gasteiger partial charge in [-0.2, -0.15) is 5.10 Å². The topological polar surface area (TPSA) is 116 Å². The zero-order valence-corrected chi connectivity index (χ0v) is 21.4. The van der Waals surface area contributed by atoms with E-state index < -0.39 is 6.36 Å². The number of H-pyrrole nitrogens is 1. The average Bonchev–Trinajstić information content (AvgIpc) is 3.56. The van der Waals surface area contributed by atoms with Gasteiger partial charge in [0.2, 0.25) is 5.88 Å². The van der Waals surface area contributed by atoms with E-state index in [4.69, 9.17) is 14.2 Å². The molecule has 10 nitrogen and oxygen atoms in total. The van der Waals surface area contributed by atoms with Crippen LogP contribution in [-0.2, 0) is 22.6 Å². The number of methoxy groups -OCH3 is 1. The minimum Gasteiger partial charge on any atom is -0.475 e. The highest BCUT2D eigenvalue weighted by molar-refractivity contribution is 7.09. The molecule has 3 aromatic heterocycles. The van der Waals surface area contributed by atoms with Crippen LogP contribution in [-0.4, -0.2) is 64.6 Å². The highest BCUT2D eigenvalue weighted by atomic mass is 32.1. The van der Waals surface area contributed by atoms with E-state index in [1.807, 2.05) is 6.07 Å². The Bertz CT molecular complexity index is 1290. The Balaban J connectivity index is 1.13. The van der Waals surface area contributed by atoms with Crippen molar-refractivity contribution in [1.82, 2.24) is 30.1 Å². The summed E-state index contributed by atoms with van der Waals surface area (Å²) in [6.07, 6.45) is 0.226. The van der Waals surface area contributed by atoms with Gasteiger partial charge in [-0.05, 0) is 60.2 Å². The molecule has 4 aromatic rings. The second kappa shape index (κ2) is 13.5. The van der Waals surface area contributed by atoms with E-state index in [1.165, 1.54) is 30.8 Å². The van der Waals surface area contributed by atoms with E-state index >= 15 is 0 Å². The molecule has 0 unspecified atom stereocenters. The lowest BCUT2D eigenvalue weighted by Crippen LogP contribution is -2.18. The molecule has 0 radical (unpaired) electrons. The standard InChI is InChI=1S/C24H27F3N6O4S/c1-34-15-17-8-16(9-18(10-17)37-24(25,26)27)12-28-4-2-3-5-35-6-7-36-23-19-13-29-32-20(19)11-21(31-23)22-14-30-33-38-22/h8-11,13-14,28H,2-7,12,15H2,1H3,(H,29,32). The summed E-state index contributed by atoms with van der Waals surface area (Å²) in [5.74, 6) is 0.209. The first-order valence-corrected chi connectivity index (χ1v) is 12.6. The van der Waals surface area contributed by atoms with Crippen LogP contribution in [0.2, 0.25) is 0 Å². The van der Waals surface area contributed by atoms with Gasteiger partial charge in [-0.3, -0.25) is 5.10 Å². The van der Waals surface area contributed by atoms with Gasteiger partial charge >= 0.3 is 6.36 Å². The zero-order valence-electron chi connectivity index (χ0n) is 20.6. The van der Waals surface area contributed by atoms with Crippen LogP contribution in [0, 0.1) is 0 Å². The summed E-state index contributed by atoms with van der Waals surface area (Å²) in [7, 11) is 1.48. The second-order valence-electron chi connectivity index (χ2n) is 8.24. The summed E-state index contributed by atoms with van der Waals surface area (Å²) < 4.78 is 62.3. The lowest BCUT2D eigenvalue weighted by atomic mass is 10.1. The number of hydrogen-bond acceptors (Lipinski definition) is 10. The summed E-state index contributed by atoms with van der Waals surface area (Å²) in [6, 6.07) is 6.36. The first-order valence-electron chi connectivity index (χ1n) is 11.8. The molecule has 2 N–H and O–H groups in total. The van der Waals surface area contributed by atoms with E-state index in [0.29, 0.717) is 55.6 Å². The molecule has 0 saturated carbocycles. The average molecular weight is 553 g/mol. The van der Waals surface area contributed by atoms with Gasteiger partial charge in [-0.15, -0.1) is 18.3 Å². The Morgan fingerprint density at radius 3 is 2.68 bits per heavy atom. The minimum atomic E-state index is -4.74. The molecule has 3 heterocycles. The number of nitrogens with zero attached hydrogens (tertiary/aromatic N) is 4. The minimum absolute atomic E-state index is 0.196. The molecule has 204 valence electrons. The molecule has 0 amide bonds. The lowest BCUT2D eigenvalue weighted by Gasteiger charge is -2.13. The van der Waals surface area contributed by atoms with Gasteiger partial charge in [0, 0.05) is 20.3 Å². The predicted molar refractivity (Wildman–Crippen MR) is 134 cm³/mol. The van der Waals surface area contributed by atoms with Crippen molar-refractivity contribution in [3.8, 4) is 22.2 Å². The number of nitrogens with one attached hydrogen (secondary N) is 2. The molecule has 0 atom stereocenters. The van der Waals surface area contributed by atoms with Crippen LogP contribution in [0.3, 0.4) is 0 Å². The number of aromatic amines is 1. The first kappa shape index (κ1) is 27.7. The number of pyridine rings is 1. The summed E-state index contributed by atoms with van der Waals surface area (Å²) in [5, 5.41) is 14.9. The fraction of sp³-hybridized carbons (Fsp3) is 0.417. The molecule has 38 heavy (non-hydrogen) atoms. The molecule has 0 aliphatic carbocycles. The van der Waals surface area contributed by atoms with E-state index in [2.05, 4.69) is 34.8 Å². The van der Waals surface area contributed by atoms with Crippen LogP contribution in [0.1, 0.15) is 24.0 Å². The number of alkyl halides is 3. The largest absolute Gasteiger partial charge is 0.573 e. The molecule has 0 aliphatic rings. The van der Waals surface area contributed by atoms with Gasteiger partial charge < -0.3 is 24.3 Å². The fourth-order valence-corrected chi connectivity index (χ4v) is 4.17. The maximum Gasteiger partial charge on any atom is 0.573 e. The van der Waals surface area contributed by atoms with Crippen molar-refractivity contribution in [2.75, 3.05) is 33.5 Å². The molecule has 0 bridgehead atoms. The second-order valence-corrected chi connectivity index (χ2v) is 9.02. The maximum atomic E-state index is 12.6. The molecule has 14 heteroatoms. The lowest BCUT2D eigenvalue weighted by molar-refractivity contribution is -0.274. The Kier molecular flexibility index (Phi) is 9.81. The third kappa shape index (κ3) is 8.34. The molecular weight excluding hydrogens is 525 g/mol. The Labute approximate surface area is 220 Å². The van der Waals surface area contributed by atoms with Crippen molar-refractivity contribution in [1.29, 1.82) is 0 Å². The van der Waals surface area contributed by atoms with Gasteiger partial charge in [-0.25, -0.2) is 4.98 Å². The summed E-state index contributed by atoms with van der Waals surface area (Å²) in [5.41, 5.74) is 2.80. The number of fused-ring (bicyclic) bond motifs is 1. The van der Waals surface area contributed by atoms with Crippen molar-refractivity contribution in [2.45, 2.75) is 32.4 Å². The number of rotatable bonds is 15. The Morgan fingerprint density at radius 2 is 1.89 bits per heavy atom. The quantitative estimate of drug-likeness (QED) is 0.206. The molecule has 4 rings (SSSR count). The Hall–Kier alpha value is -3.33. The molecule has 0 aliphatic heterocycles.